The number of benzene rings is 2. The third-order valence-electron chi connectivity index (χ3n) is 3.36. The van der Waals surface area contributed by atoms with Gasteiger partial charge in [-0.1, -0.05) is 37.1 Å². The number of para-hydroxylation sites is 1. The summed E-state index contributed by atoms with van der Waals surface area (Å²) in [5.41, 5.74) is 0.812. The highest BCUT2D eigenvalue weighted by Gasteiger charge is 2.15. The number of carbonyl (C=O) groups excluding carboxylic acids is 1. The van der Waals surface area contributed by atoms with Crippen LogP contribution in [0.2, 0.25) is 5.02 Å². The zero-order valence-corrected chi connectivity index (χ0v) is 15.3. The van der Waals surface area contributed by atoms with Gasteiger partial charge in [0.15, 0.2) is 0 Å². The maximum Gasteiger partial charge on any atom is 0.319 e. The van der Waals surface area contributed by atoms with Crippen molar-refractivity contribution < 1.29 is 13.2 Å². The molecular formula is C17H20ClN3O3S. The number of halogens is 1. The van der Waals surface area contributed by atoms with Crippen LogP contribution >= 0.6 is 11.6 Å². The Kier molecular flexibility index (Phi) is 6.66. The second-order valence-corrected chi connectivity index (χ2v) is 7.43. The van der Waals surface area contributed by atoms with Gasteiger partial charge in [0, 0.05) is 12.2 Å². The highest BCUT2D eigenvalue weighted by molar-refractivity contribution is 7.92. The molecule has 0 bridgehead atoms. The molecule has 0 atom stereocenters. The summed E-state index contributed by atoms with van der Waals surface area (Å²) in [5.74, 6) is 0. The minimum atomic E-state index is -3.76. The number of carbonyl (C=O) groups is 1. The molecule has 0 aliphatic heterocycles. The minimum absolute atomic E-state index is 0.0735. The molecule has 0 aromatic heterocycles. The number of urea groups is 1. The largest absolute Gasteiger partial charge is 0.338 e. The Morgan fingerprint density at radius 1 is 1.08 bits per heavy atom. The van der Waals surface area contributed by atoms with Crippen molar-refractivity contribution in [3.05, 3.63) is 53.6 Å². The van der Waals surface area contributed by atoms with Crippen molar-refractivity contribution in [1.82, 2.24) is 5.32 Å². The third-order valence-corrected chi connectivity index (χ3v) is 5.07. The summed E-state index contributed by atoms with van der Waals surface area (Å²) in [7, 11) is -3.76. The minimum Gasteiger partial charge on any atom is -0.338 e. The first-order chi connectivity index (χ1) is 11.9. The van der Waals surface area contributed by atoms with Gasteiger partial charge in [-0.25, -0.2) is 13.2 Å². The molecule has 8 heteroatoms. The molecule has 2 rings (SSSR count). The van der Waals surface area contributed by atoms with Gasteiger partial charge in [0.2, 0.25) is 0 Å². The van der Waals surface area contributed by atoms with E-state index >= 15 is 0 Å². The fraction of sp³-hybridized carbons (Fsp3) is 0.235. The second kappa shape index (κ2) is 8.73. The van der Waals surface area contributed by atoms with Crippen LogP contribution in [0.3, 0.4) is 0 Å². The van der Waals surface area contributed by atoms with Gasteiger partial charge in [-0.3, -0.25) is 4.72 Å². The molecule has 0 unspecified atom stereocenters. The predicted molar refractivity (Wildman–Crippen MR) is 101 cm³/mol. The Morgan fingerprint density at radius 2 is 1.76 bits per heavy atom. The van der Waals surface area contributed by atoms with Crippen molar-refractivity contribution in [2.45, 2.75) is 24.7 Å². The van der Waals surface area contributed by atoms with Crippen LogP contribution in [-0.4, -0.2) is 21.0 Å². The average molecular weight is 382 g/mol. The molecule has 0 radical (unpaired) electrons. The van der Waals surface area contributed by atoms with Gasteiger partial charge in [0.1, 0.15) is 0 Å². The van der Waals surface area contributed by atoms with E-state index in [-0.39, 0.29) is 10.9 Å². The SMILES string of the molecule is CCCCNC(=O)Nc1ccc(S(=O)(=O)Nc2ccccc2Cl)cc1. The Balaban J connectivity index is 2.03. The van der Waals surface area contributed by atoms with Crippen molar-refractivity contribution in [2.24, 2.45) is 0 Å². The molecule has 6 nitrogen and oxygen atoms in total. The van der Waals surface area contributed by atoms with Crippen molar-refractivity contribution in [3.63, 3.8) is 0 Å². The summed E-state index contributed by atoms with van der Waals surface area (Å²) in [6.07, 6.45) is 1.89. The maximum atomic E-state index is 12.4. The van der Waals surface area contributed by atoms with Gasteiger partial charge in [0.05, 0.1) is 15.6 Å². The molecule has 0 aliphatic carbocycles. The fourth-order valence-corrected chi connectivity index (χ4v) is 3.34. The summed E-state index contributed by atoms with van der Waals surface area (Å²) in [6, 6.07) is 12.2. The number of anilines is 2. The van der Waals surface area contributed by atoms with Gasteiger partial charge in [-0.15, -0.1) is 0 Å². The lowest BCUT2D eigenvalue weighted by Gasteiger charge is -2.11. The smallest absolute Gasteiger partial charge is 0.319 e. The number of sulfonamides is 1. The van der Waals surface area contributed by atoms with Crippen LogP contribution in [0, 0.1) is 0 Å². The maximum absolute atomic E-state index is 12.4. The first-order valence-corrected chi connectivity index (χ1v) is 9.71. The number of rotatable bonds is 7. The third kappa shape index (κ3) is 5.65. The first kappa shape index (κ1) is 19.1. The summed E-state index contributed by atoms with van der Waals surface area (Å²) in [6.45, 7) is 2.63. The molecule has 0 heterocycles. The number of hydrogen-bond acceptors (Lipinski definition) is 3. The lowest BCUT2D eigenvalue weighted by molar-refractivity contribution is 0.252. The van der Waals surface area contributed by atoms with E-state index in [0.29, 0.717) is 22.9 Å². The van der Waals surface area contributed by atoms with Gasteiger partial charge >= 0.3 is 6.03 Å². The highest BCUT2D eigenvalue weighted by atomic mass is 35.5. The van der Waals surface area contributed by atoms with Gasteiger partial charge in [0.25, 0.3) is 10.0 Å². The monoisotopic (exact) mass is 381 g/mol. The average Bonchev–Trinajstić information content (AvgIpc) is 2.57. The molecule has 0 spiro atoms. The summed E-state index contributed by atoms with van der Waals surface area (Å²) >= 11 is 5.97. The van der Waals surface area contributed by atoms with Crippen LogP contribution < -0.4 is 15.4 Å². The van der Waals surface area contributed by atoms with Gasteiger partial charge in [-0.05, 0) is 42.8 Å². The van der Waals surface area contributed by atoms with E-state index in [1.807, 2.05) is 6.92 Å². The standard InChI is InChI=1S/C17H20ClN3O3S/c1-2-3-12-19-17(22)20-13-8-10-14(11-9-13)25(23,24)21-16-7-5-4-6-15(16)18/h4-11,21H,2-3,12H2,1H3,(H2,19,20,22). The Bertz CT molecular complexity index is 823. The van der Waals surface area contributed by atoms with Gasteiger partial charge < -0.3 is 10.6 Å². The lowest BCUT2D eigenvalue weighted by Crippen LogP contribution is -2.29. The number of unbranched alkanes of at least 4 members (excludes halogenated alkanes) is 1. The van der Waals surface area contributed by atoms with Crippen molar-refractivity contribution in [1.29, 1.82) is 0 Å². The van der Waals surface area contributed by atoms with Crippen LogP contribution in [0.1, 0.15) is 19.8 Å². The molecule has 0 saturated carbocycles. The molecular weight excluding hydrogens is 362 g/mol. The predicted octanol–water partition coefficient (Wildman–Crippen LogP) is 4.06. The molecule has 0 saturated heterocycles. The van der Waals surface area contributed by atoms with Crippen molar-refractivity contribution in [3.8, 4) is 0 Å². The number of nitrogens with one attached hydrogen (secondary N) is 3. The van der Waals surface area contributed by atoms with E-state index in [1.165, 1.54) is 24.3 Å². The van der Waals surface area contributed by atoms with Crippen LogP contribution in [0.4, 0.5) is 16.2 Å². The number of hydrogen-bond donors (Lipinski definition) is 3. The zero-order valence-electron chi connectivity index (χ0n) is 13.8. The Labute approximate surface area is 152 Å². The van der Waals surface area contributed by atoms with E-state index in [2.05, 4.69) is 15.4 Å². The Morgan fingerprint density at radius 3 is 2.40 bits per heavy atom. The fourth-order valence-electron chi connectivity index (χ4n) is 2.02. The topological polar surface area (TPSA) is 87.3 Å². The Hall–Kier alpha value is -2.25. The van der Waals surface area contributed by atoms with E-state index < -0.39 is 10.0 Å². The van der Waals surface area contributed by atoms with Crippen LogP contribution in [0.15, 0.2) is 53.4 Å². The van der Waals surface area contributed by atoms with E-state index in [9.17, 15) is 13.2 Å². The van der Waals surface area contributed by atoms with Crippen molar-refractivity contribution >= 4 is 39.0 Å². The van der Waals surface area contributed by atoms with E-state index in [4.69, 9.17) is 11.6 Å². The normalized spacial score (nSPS) is 11.0. The molecule has 2 aromatic rings. The van der Waals surface area contributed by atoms with Gasteiger partial charge in [-0.2, -0.15) is 0 Å². The number of amides is 2. The molecule has 2 amide bonds. The lowest BCUT2D eigenvalue weighted by atomic mass is 10.3. The van der Waals surface area contributed by atoms with Crippen LogP contribution in [0.25, 0.3) is 0 Å². The van der Waals surface area contributed by atoms with E-state index in [1.54, 1.807) is 24.3 Å². The highest BCUT2D eigenvalue weighted by Crippen LogP contribution is 2.24. The molecule has 3 N–H and O–H groups in total. The zero-order chi connectivity index (χ0) is 18.3. The molecule has 134 valence electrons. The summed E-state index contributed by atoms with van der Waals surface area (Å²) in [5, 5.41) is 5.69. The van der Waals surface area contributed by atoms with Crippen LogP contribution in [0.5, 0.6) is 0 Å². The van der Waals surface area contributed by atoms with Crippen molar-refractivity contribution in [2.75, 3.05) is 16.6 Å². The first-order valence-electron chi connectivity index (χ1n) is 7.84. The molecule has 0 fully saturated rings. The molecule has 2 aromatic carbocycles. The quantitative estimate of drug-likeness (QED) is 0.632. The molecule has 0 aliphatic rings. The summed E-state index contributed by atoms with van der Waals surface area (Å²) < 4.78 is 27.2. The summed E-state index contributed by atoms with van der Waals surface area (Å²) in [4.78, 5) is 11.8. The second-order valence-electron chi connectivity index (χ2n) is 5.34. The molecule has 25 heavy (non-hydrogen) atoms. The van der Waals surface area contributed by atoms with E-state index in [0.717, 1.165) is 12.8 Å². The van der Waals surface area contributed by atoms with Crippen LogP contribution in [-0.2, 0) is 10.0 Å².